The number of carbonyl (C=O) groups excluding carboxylic acids is 2. The summed E-state index contributed by atoms with van der Waals surface area (Å²) in [7, 11) is 0. The first kappa shape index (κ1) is 15.1. The van der Waals surface area contributed by atoms with Crippen molar-refractivity contribution in [1.82, 2.24) is 10.6 Å². The molecule has 0 atom stereocenters. The molecule has 1 aromatic rings. The molecule has 1 aromatic heterocycles. The Balaban J connectivity index is 2.12. The largest absolute Gasteiger partial charge is 0.472 e. The molecule has 2 N–H and O–H groups in total. The van der Waals surface area contributed by atoms with Gasteiger partial charge in [0.25, 0.3) is 0 Å². The molecule has 0 aliphatic rings. The fourth-order valence-corrected chi connectivity index (χ4v) is 1.27. The fraction of sp³-hybridized carbons (Fsp3) is 0.538. The predicted molar refractivity (Wildman–Crippen MR) is 69.4 cm³/mol. The van der Waals surface area contributed by atoms with Gasteiger partial charge in [-0.2, -0.15) is 0 Å². The summed E-state index contributed by atoms with van der Waals surface area (Å²) in [6.45, 7) is 6.01. The summed E-state index contributed by atoms with van der Waals surface area (Å²) in [5, 5.41) is 5.24. The van der Waals surface area contributed by atoms with Crippen LogP contribution in [0.1, 0.15) is 32.8 Å². The SMILES string of the molecule is CC(C)(C)OC(=O)NCCC(=O)NCc1ccoc1. The van der Waals surface area contributed by atoms with Gasteiger partial charge in [-0.3, -0.25) is 4.79 Å². The van der Waals surface area contributed by atoms with Gasteiger partial charge in [-0.25, -0.2) is 4.79 Å². The average molecular weight is 268 g/mol. The second-order valence-corrected chi connectivity index (χ2v) is 5.09. The van der Waals surface area contributed by atoms with E-state index in [1.165, 1.54) is 0 Å². The first-order chi connectivity index (χ1) is 8.87. The number of hydrogen-bond acceptors (Lipinski definition) is 4. The molecule has 19 heavy (non-hydrogen) atoms. The lowest BCUT2D eigenvalue weighted by atomic mass is 10.2. The number of furan rings is 1. The zero-order chi connectivity index (χ0) is 14.3. The number of hydrogen-bond donors (Lipinski definition) is 2. The second-order valence-electron chi connectivity index (χ2n) is 5.09. The van der Waals surface area contributed by atoms with E-state index in [2.05, 4.69) is 10.6 Å². The standard InChI is InChI=1S/C13H20N2O4/c1-13(2,3)19-12(17)14-6-4-11(16)15-8-10-5-7-18-9-10/h5,7,9H,4,6,8H2,1-3H3,(H,14,17)(H,15,16). The Bertz CT molecular complexity index is 407. The highest BCUT2D eigenvalue weighted by Gasteiger charge is 2.15. The molecule has 0 saturated carbocycles. The molecule has 6 nitrogen and oxygen atoms in total. The third-order valence-corrected chi connectivity index (χ3v) is 2.09. The Labute approximate surface area is 112 Å². The van der Waals surface area contributed by atoms with E-state index in [-0.39, 0.29) is 18.9 Å². The molecule has 6 heteroatoms. The summed E-state index contributed by atoms with van der Waals surface area (Å²) < 4.78 is 9.93. The number of alkyl carbamates (subject to hydrolysis) is 1. The lowest BCUT2D eigenvalue weighted by molar-refractivity contribution is -0.121. The summed E-state index contributed by atoms with van der Waals surface area (Å²) in [6, 6.07) is 1.78. The van der Waals surface area contributed by atoms with Crippen LogP contribution in [-0.2, 0) is 16.1 Å². The van der Waals surface area contributed by atoms with E-state index in [4.69, 9.17) is 9.15 Å². The maximum Gasteiger partial charge on any atom is 0.407 e. The van der Waals surface area contributed by atoms with Gasteiger partial charge >= 0.3 is 6.09 Å². The molecule has 106 valence electrons. The van der Waals surface area contributed by atoms with Gasteiger partial charge in [-0.05, 0) is 26.8 Å². The van der Waals surface area contributed by atoms with E-state index in [0.29, 0.717) is 6.54 Å². The maximum absolute atomic E-state index is 11.5. The minimum absolute atomic E-state index is 0.141. The highest BCUT2D eigenvalue weighted by molar-refractivity contribution is 5.77. The Kier molecular flexibility index (Phi) is 5.41. The molecule has 0 unspecified atom stereocenters. The van der Waals surface area contributed by atoms with Gasteiger partial charge in [0.05, 0.1) is 12.5 Å². The summed E-state index contributed by atoms with van der Waals surface area (Å²) in [5.74, 6) is -0.141. The van der Waals surface area contributed by atoms with E-state index < -0.39 is 11.7 Å². The van der Waals surface area contributed by atoms with Crippen molar-refractivity contribution in [2.75, 3.05) is 6.54 Å². The number of carbonyl (C=O) groups is 2. The first-order valence-electron chi connectivity index (χ1n) is 6.11. The van der Waals surface area contributed by atoms with Crippen molar-refractivity contribution in [2.45, 2.75) is 39.3 Å². The first-order valence-corrected chi connectivity index (χ1v) is 6.11. The smallest absolute Gasteiger partial charge is 0.407 e. The van der Waals surface area contributed by atoms with Crippen molar-refractivity contribution in [2.24, 2.45) is 0 Å². The molecule has 1 heterocycles. The monoisotopic (exact) mass is 268 g/mol. The van der Waals surface area contributed by atoms with Crippen LogP contribution in [0.5, 0.6) is 0 Å². The molecule has 0 fully saturated rings. The highest BCUT2D eigenvalue weighted by atomic mass is 16.6. The number of nitrogens with one attached hydrogen (secondary N) is 2. The molecule has 2 amide bonds. The van der Waals surface area contributed by atoms with E-state index in [1.54, 1.807) is 39.4 Å². The minimum atomic E-state index is -0.534. The van der Waals surface area contributed by atoms with Gasteiger partial charge in [0, 0.05) is 25.1 Å². The van der Waals surface area contributed by atoms with Crippen molar-refractivity contribution in [1.29, 1.82) is 0 Å². The molecule has 1 rings (SSSR count). The highest BCUT2D eigenvalue weighted by Crippen LogP contribution is 2.06. The molecule has 0 saturated heterocycles. The van der Waals surface area contributed by atoms with Gasteiger partial charge in [0.1, 0.15) is 5.60 Å². The van der Waals surface area contributed by atoms with Crippen LogP contribution in [-0.4, -0.2) is 24.1 Å². The van der Waals surface area contributed by atoms with Crippen molar-refractivity contribution in [3.05, 3.63) is 24.2 Å². The second kappa shape index (κ2) is 6.82. The maximum atomic E-state index is 11.5. The van der Waals surface area contributed by atoms with Gasteiger partial charge in [0.15, 0.2) is 0 Å². The van der Waals surface area contributed by atoms with E-state index in [1.807, 2.05) is 0 Å². The zero-order valence-corrected chi connectivity index (χ0v) is 11.5. The summed E-state index contributed by atoms with van der Waals surface area (Å²) in [4.78, 5) is 22.8. The molecule has 0 aliphatic carbocycles. The lowest BCUT2D eigenvalue weighted by Gasteiger charge is -2.19. The third-order valence-electron chi connectivity index (χ3n) is 2.09. The van der Waals surface area contributed by atoms with Crippen molar-refractivity contribution in [3.8, 4) is 0 Å². The Morgan fingerprint density at radius 3 is 2.63 bits per heavy atom. The van der Waals surface area contributed by atoms with E-state index in [9.17, 15) is 9.59 Å². The number of ether oxygens (including phenoxy) is 1. The minimum Gasteiger partial charge on any atom is -0.472 e. The molecule has 0 radical (unpaired) electrons. The Hall–Kier alpha value is -1.98. The van der Waals surface area contributed by atoms with Crippen LogP contribution in [0.25, 0.3) is 0 Å². The van der Waals surface area contributed by atoms with Gasteiger partial charge in [0.2, 0.25) is 5.91 Å². The van der Waals surface area contributed by atoms with E-state index >= 15 is 0 Å². The van der Waals surface area contributed by atoms with Crippen molar-refractivity contribution in [3.63, 3.8) is 0 Å². The normalized spacial score (nSPS) is 10.9. The molecule has 0 bridgehead atoms. The molecule has 0 aromatic carbocycles. The van der Waals surface area contributed by atoms with Crippen LogP contribution in [0.3, 0.4) is 0 Å². The number of amides is 2. The summed E-state index contributed by atoms with van der Waals surface area (Å²) in [5.41, 5.74) is 0.363. The molecule has 0 spiro atoms. The van der Waals surface area contributed by atoms with Gasteiger partial charge in [-0.15, -0.1) is 0 Å². The lowest BCUT2D eigenvalue weighted by Crippen LogP contribution is -2.35. The van der Waals surface area contributed by atoms with Crippen LogP contribution in [0.4, 0.5) is 4.79 Å². The quantitative estimate of drug-likeness (QED) is 0.853. The Morgan fingerprint density at radius 1 is 1.32 bits per heavy atom. The van der Waals surface area contributed by atoms with Crippen LogP contribution in [0, 0.1) is 0 Å². The van der Waals surface area contributed by atoms with Crippen LogP contribution in [0.15, 0.2) is 23.0 Å². The fourth-order valence-electron chi connectivity index (χ4n) is 1.27. The number of rotatable bonds is 5. The average Bonchev–Trinajstić information content (AvgIpc) is 2.76. The van der Waals surface area contributed by atoms with Crippen LogP contribution in [0.2, 0.25) is 0 Å². The van der Waals surface area contributed by atoms with Crippen molar-refractivity contribution < 1.29 is 18.7 Å². The van der Waals surface area contributed by atoms with E-state index in [0.717, 1.165) is 5.56 Å². The molecule has 0 aliphatic heterocycles. The zero-order valence-electron chi connectivity index (χ0n) is 11.5. The van der Waals surface area contributed by atoms with Gasteiger partial charge < -0.3 is 19.8 Å². The Morgan fingerprint density at radius 2 is 2.05 bits per heavy atom. The molecular weight excluding hydrogens is 248 g/mol. The topological polar surface area (TPSA) is 80.6 Å². The molecular formula is C13H20N2O4. The summed E-state index contributed by atoms with van der Waals surface area (Å²) in [6.07, 6.45) is 2.80. The van der Waals surface area contributed by atoms with Crippen LogP contribution < -0.4 is 10.6 Å². The predicted octanol–water partition coefficient (Wildman–Crippen LogP) is 1.81. The van der Waals surface area contributed by atoms with Gasteiger partial charge in [-0.1, -0.05) is 0 Å². The van der Waals surface area contributed by atoms with Crippen LogP contribution >= 0.6 is 0 Å². The van der Waals surface area contributed by atoms with Crippen molar-refractivity contribution >= 4 is 12.0 Å². The summed E-state index contributed by atoms with van der Waals surface area (Å²) >= 11 is 0. The third kappa shape index (κ3) is 7.13.